The van der Waals surface area contributed by atoms with Gasteiger partial charge in [0.15, 0.2) is 6.10 Å². The van der Waals surface area contributed by atoms with Crippen LogP contribution in [-0.2, 0) is 38.2 Å². The highest BCUT2D eigenvalue weighted by Gasteiger charge is 2.26. The number of carbonyl (C=O) groups is 6. The third kappa shape index (κ3) is 8.83. The summed E-state index contributed by atoms with van der Waals surface area (Å²) in [5, 5.41) is 25.6. The molecule has 0 fully saturated rings. The van der Waals surface area contributed by atoms with E-state index in [0.717, 1.165) is 0 Å². The van der Waals surface area contributed by atoms with E-state index < -0.39 is 61.2 Å². The molecule has 3 N–H and O–H groups in total. The van der Waals surface area contributed by atoms with Crippen molar-refractivity contribution in [2.75, 3.05) is 0 Å². The van der Waals surface area contributed by atoms with Crippen LogP contribution in [0.5, 0.6) is 0 Å². The van der Waals surface area contributed by atoms with E-state index in [-0.39, 0.29) is 0 Å². The van der Waals surface area contributed by atoms with E-state index in [1.807, 2.05) is 0 Å². The van der Waals surface area contributed by atoms with E-state index in [0.29, 0.717) is 0 Å². The predicted octanol–water partition coefficient (Wildman–Crippen LogP) is -2.17. The smallest absolute Gasteiger partial charge is 0.343 e. The van der Waals surface area contributed by atoms with E-state index in [1.54, 1.807) is 0 Å². The van der Waals surface area contributed by atoms with Crippen molar-refractivity contribution in [1.29, 1.82) is 0 Å². The van der Waals surface area contributed by atoms with Gasteiger partial charge in [-0.3, -0.25) is 24.0 Å². The minimum atomic E-state index is -2.17. The molecular weight excluding hydrogens is 296 g/mol. The quantitative estimate of drug-likeness (QED) is 0.343. The summed E-state index contributed by atoms with van der Waals surface area (Å²) in [4.78, 5) is 63.9. The number of hydrogen-bond donors (Lipinski definition) is 3. The SMILES string of the molecule is O=C(O)CC(=O)OC(=O)CC(O)C(=O)OC(=O)CC(=O)O. The highest BCUT2D eigenvalue weighted by Crippen LogP contribution is 2.01. The van der Waals surface area contributed by atoms with Crippen LogP contribution in [0.25, 0.3) is 0 Å². The van der Waals surface area contributed by atoms with Crippen molar-refractivity contribution in [2.45, 2.75) is 25.4 Å². The molecule has 11 heteroatoms. The summed E-state index contributed by atoms with van der Waals surface area (Å²) in [6.07, 6.45) is -5.47. The van der Waals surface area contributed by atoms with Crippen molar-refractivity contribution in [3.63, 3.8) is 0 Å². The number of ether oxygens (including phenoxy) is 2. The lowest BCUT2D eigenvalue weighted by Gasteiger charge is -2.08. The van der Waals surface area contributed by atoms with Gasteiger partial charge in [0.05, 0.1) is 6.42 Å². The summed E-state index contributed by atoms with van der Waals surface area (Å²) in [6.45, 7) is 0. The highest BCUT2D eigenvalue weighted by atomic mass is 16.6. The largest absolute Gasteiger partial charge is 0.481 e. The fourth-order valence-corrected chi connectivity index (χ4v) is 0.909. The molecule has 0 aromatic carbocycles. The number of aliphatic hydroxyl groups excluding tert-OH is 1. The Balaban J connectivity index is 4.25. The van der Waals surface area contributed by atoms with Gasteiger partial charge in [0.1, 0.15) is 12.8 Å². The first kappa shape index (κ1) is 18.2. The molecule has 1 atom stereocenters. The Morgan fingerprint density at radius 2 is 1.19 bits per heavy atom. The van der Waals surface area contributed by atoms with Gasteiger partial charge in [-0.25, -0.2) is 4.79 Å². The maximum Gasteiger partial charge on any atom is 0.343 e. The van der Waals surface area contributed by atoms with Gasteiger partial charge in [-0.1, -0.05) is 0 Å². The number of carboxylic acid groups (broad SMARTS) is 2. The normalized spacial score (nSPS) is 11.1. The fraction of sp³-hybridized carbons (Fsp3) is 0.400. The summed E-state index contributed by atoms with van der Waals surface area (Å²) in [7, 11) is 0. The van der Waals surface area contributed by atoms with Crippen molar-refractivity contribution in [1.82, 2.24) is 0 Å². The molecule has 0 saturated heterocycles. The minimum absolute atomic E-state index is 1.08. The Bertz CT molecular complexity index is 477. The zero-order chi connectivity index (χ0) is 16.6. The lowest BCUT2D eigenvalue weighted by molar-refractivity contribution is -0.173. The predicted molar refractivity (Wildman–Crippen MR) is 57.3 cm³/mol. The van der Waals surface area contributed by atoms with Crippen LogP contribution in [0.15, 0.2) is 0 Å². The zero-order valence-corrected chi connectivity index (χ0v) is 10.3. The number of rotatable bonds is 7. The maximum atomic E-state index is 11.1. The average molecular weight is 306 g/mol. The molecule has 116 valence electrons. The van der Waals surface area contributed by atoms with E-state index in [2.05, 4.69) is 9.47 Å². The molecule has 0 aliphatic heterocycles. The van der Waals surface area contributed by atoms with E-state index >= 15 is 0 Å². The van der Waals surface area contributed by atoms with Crippen LogP contribution in [0.3, 0.4) is 0 Å². The van der Waals surface area contributed by atoms with Crippen molar-refractivity contribution >= 4 is 35.8 Å². The highest BCUT2D eigenvalue weighted by molar-refractivity contribution is 5.98. The molecule has 0 bridgehead atoms. The van der Waals surface area contributed by atoms with Gasteiger partial charge in [0.2, 0.25) is 0 Å². The van der Waals surface area contributed by atoms with Crippen LogP contribution in [0.1, 0.15) is 19.3 Å². The van der Waals surface area contributed by atoms with Gasteiger partial charge in [-0.15, -0.1) is 0 Å². The topological polar surface area (TPSA) is 182 Å². The molecule has 21 heavy (non-hydrogen) atoms. The number of esters is 4. The molecule has 0 rings (SSSR count). The summed E-state index contributed by atoms with van der Waals surface area (Å²) in [5.41, 5.74) is 0. The lowest BCUT2D eigenvalue weighted by atomic mass is 10.2. The Morgan fingerprint density at radius 1 is 0.762 bits per heavy atom. The summed E-state index contributed by atoms with van der Waals surface area (Å²) >= 11 is 0. The molecule has 0 aromatic heterocycles. The van der Waals surface area contributed by atoms with Crippen LogP contribution < -0.4 is 0 Å². The van der Waals surface area contributed by atoms with Gasteiger partial charge < -0.3 is 24.8 Å². The van der Waals surface area contributed by atoms with Crippen LogP contribution >= 0.6 is 0 Å². The zero-order valence-electron chi connectivity index (χ0n) is 10.3. The molecular formula is C10H10O11. The number of carbonyl (C=O) groups excluding carboxylic acids is 4. The molecule has 0 heterocycles. The van der Waals surface area contributed by atoms with Crippen molar-refractivity contribution < 1.29 is 53.6 Å². The molecule has 0 saturated carbocycles. The Labute approximate surface area is 116 Å². The van der Waals surface area contributed by atoms with Gasteiger partial charge >= 0.3 is 35.8 Å². The first-order valence-corrected chi connectivity index (χ1v) is 5.21. The summed E-state index contributed by atoms with van der Waals surface area (Å²) in [5.74, 6) is -9.01. The fourth-order valence-electron chi connectivity index (χ4n) is 0.909. The van der Waals surface area contributed by atoms with Crippen molar-refractivity contribution in [3.8, 4) is 0 Å². The number of carboxylic acids is 2. The van der Waals surface area contributed by atoms with E-state index in [1.165, 1.54) is 0 Å². The van der Waals surface area contributed by atoms with Crippen LogP contribution in [0.4, 0.5) is 0 Å². The van der Waals surface area contributed by atoms with Crippen LogP contribution in [0.2, 0.25) is 0 Å². The molecule has 0 spiro atoms. The molecule has 1 unspecified atom stereocenters. The Kier molecular flexibility index (Phi) is 7.25. The second-order valence-electron chi connectivity index (χ2n) is 3.50. The number of aliphatic hydroxyl groups is 1. The number of aliphatic carboxylic acids is 2. The van der Waals surface area contributed by atoms with Gasteiger partial charge in [0.25, 0.3) is 0 Å². The van der Waals surface area contributed by atoms with E-state index in [9.17, 15) is 28.8 Å². The lowest BCUT2D eigenvalue weighted by Crippen LogP contribution is -2.30. The first-order chi connectivity index (χ1) is 9.61. The van der Waals surface area contributed by atoms with Crippen molar-refractivity contribution in [3.05, 3.63) is 0 Å². The number of hydrogen-bond acceptors (Lipinski definition) is 9. The molecule has 0 aromatic rings. The van der Waals surface area contributed by atoms with E-state index in [4.69, 9.17) is 15.3 Å². The minimum Gasteiger partial charge on any atom is -0.481 e. The average Bonchev–Trinajstić information content (AvgIpc) is 2.25. The third-order valence-electron chi connectivity index (χ3n) is 1.67. The van der Waals surface area contributed by atoms with Crippen LogP contribution in [0, 0.1) is 0 Å². The second kappa shape index (κ2) is 8.37. The second-order valence-corrected chi connectivity index (χ2v) is 3.50. The summed E-state index contributed by atoms with van der Waals surface area (Å²) in [6, 6.07) is 0. The van der Waals surface area contributed by atoms with Gasteiger partial charge in [0, 0.05) is 0 Å². The standard InChI is InChI=1S/C10H10O11/c11-4(10(19)21-9(18)3-6(14)15)1-7(16)20-8(17)2-5(12)13/h4,11H,1-3H2,(H,12,13)(H,14,15). The Hall–Kier alpha value is -2.82. The first-order valence-electron chi connectivity index (χ1n) is 5.21. The summed E-state index contributed by atoms with van der Waals surface area (Å²) < 4.78 is 7.84. The van der Waals surface area contributed by atoms with Crippen LogP contribution in [-0.4, -0.2) is 57.2 Å². The van der Waals surface area contributed by atoms with Crippen molar-refractivity contribution in [2.24, 2.45) is 0 Å². The van der Waals surface area contributed by atoms with Gasteiger partial charge in [-0.05, 0) is 0 Å². The molecule has 11 nitrogen and oxygen atoms in total. The Morgan fingerprint density at radius 3 is 1.62 bits per heavy atom. The molecule has 0 aliphatic rings. The molecule has 0 aliphatic carbocycles. The maximum absolute atomic E-state index is 11.1. The monoisotopic (exact) mass is 306 g/mol. The molecule has 0 amide bonds. The van der Waals surface area contributed by atoms with Gasteiger partial charge in [-0.2, -0.15) is 0 Å². The third-order valence-corrected chi connectivity index (χ3v) is 1.67. The molecule has 0 radical (unpaired) electrons.